The molecule has 1 aromatic carbocycles. The van der Waals surface area contributed by atoms with Crippen LogP contribution in [0.2, 0.25) is 0 Å². The van der Waals surface area contributed by atoms with Gasteiger partial charge in [-0.1, -0.05) is 6.07 Å². The first kappa shape index (κ1) is 17.2. The summed E-state index contributed by atoms with van der Waals surface area (Å²) in [7, 11) is 0. The van der Waals surface area contributed by atoms with Crippen LogP contribution in [0.15, 0.2) is 23.2 Å². The van der Waals surface area contributed by atoms with Gasteiger partial charge in [-0.05, 0) is 49.8 Å². The second kappa shape index (κ2) is 8.45. The summed E-state index contributed by atoms with van der Waals surface area (Å²) in [6.07, 6.45) is 3.60. The van der Waals surface area contributed by atoms with Crippen LogP contribution < -0.4 is 20.1 Å². The molecule has 0 unspecified atom stereocenters. The van der Waals surface area contributed by atoms with Gasteiger partial charge in [-0.3, -0.25) is 4.99 Å². The molecule has 0 saturated heterocycles. The highest BCUT2D eigenvalue weighted by Crippen LogP contribution is 2.32. The lowest BCUT2D eigenvalue weighted by Gasteiger charge is -2.11. The smallest absolute Gasteiger partial charge is 0.231 e. The molecule has 1 heterocycles. The van der Waals surface area contributed by atoms with Gasteiger partial charge in [-0.2, -0.15) is 0 Å². The molecule has 0 radical (unpaired) electrons. The van der Waals surface area contributed by atoms with Crippen LogP contribution >= 0.6 is 24.0 Å². The number of nitrogens with zero attached hydrogens (tertiary/aromatic N) is 1. The number of halogens is 1. The van der Waals surface area contributed by atoms with Crippen molar-refractivity contribution in [2.45, 2.75) is 26.2 Å². The van der Waals surface area contributed by atoms with Crippen LogP contribution in [0.4, 0.5) is 0 Å². The van der Waals surface area contributed by atoms with Gasteiger partial charge in [0.1, 0.15) is 0 Å². The number of aliphatic imine (C=N–C) groups is 1. The molecular weight excluding hydrogens is 393 g/mol. The van der Waals surface area contributed by atoms with Crippen molar-refractivity contribution in [2.75, 3.05) is 26.4 Å². The van der Waals surface area contributed by atoms with Gasteiger partial charge in [0.05, 0.1) is 0 Å². The second-order valence-electron chi connectivity index (χ2n) is 5.53. The molecule has 0 spiro atoms. The summed E-state index contributed by atoms with van der Waals surface area (Å²) in [4.78, 5) is 4.61. The van der Waals surface area contributed by atoms with E-state index in [1.54, 1.807) is 0 Å². The molecule has 1 aliphatic heterocycles. The Morgan fingerprint density at radius 3 is 2.82 bits per heavy atom. The van der Waals surface area contributed by atoms with Gasteiger partial charge < -0.3 is 20.1 Å². The zero-order valence-electron chi connectivity index (χ0n) is 12.9. The molecule has 1 saturated carbocycles. The van der Waals surface area contributed by atoms with Gasteiger partial charge in [0.15, 0.2) is 17.5 Å². The fourth-order valence-corrected chi connectivity index (χ4v) is 2.28. The zero-order valence-corrected chi connectivity index (χ0v) is 15.3. The fourth-order valence-electron chi connectivity index (χ4n) is 2.28. The maximum atomic E-state index is 5.40. The van der Waals surface area contributed by atoms with Crippen LogP contribution in [0.3, 0.4) is 0 Å². The standard InChI is InChI=1S/C16H23N3O2.HI/c1-2-17-16(19-10-13-3-4-13)18-8-7-12-5-6-14-15(9-12)21-11-20-14;/h5-6,9,13H,2-4,7-8,10-11H2,1H3,(H2,17,18,19);1H. The molecule has 22 heavy (non-hydrogen) atoms. The number of rotatable bonds is 6. The minimum atomic E-state index is 0. The summed E-state index contributed by atoms with van der Waals surface area (Å²) >= 11 is 0. The number of fused-ring (bicyclic) bond motifs is 1. The Labute approximate surface area is 148 Å². The Kier molecular flexibility index (Phi) is 6.60. The number of guanidine groups is 1. The summed E-state index contributed by atoms with van der Waals surface area (Å²) in [6.45, 7) is 5.11. The lowest BCUT2D eigenvalue weighted by Crippen LogP contribution is -2.38. The topological polar surface area (TPSA) is 54.9 Å². The third-order valence-electron chi connectivity index (χ3n) is 3.69. The predicted octanol–water partition coefficient (Wildman–Crippen LogP) is 2.54. The normalized spacial score (nSPS) is 16.1. The van der Waals surface area contributed by atoms with E-state index in [2.05, 4.69) is 34.7 Å². The lowest BCUT2D eigenvalue weighted by molar-refractivity contribution is 0.174. The predicted molar refractivity (Wildman–Crippen MR) is 98.4 cm³/mol. The number of hydrogen-bond acceptors (Lipinski definition) is 3. The van der Waals surface area contributed by atoms with Crippen molar-refractivity contribution in [3.05, 3.63) is 23.8 Å². The zero-order chi connectivity index (χ0) is 14.5. The van der Waals surface area contributed by atoms with Gasteiger partial charge in [-0.25, -0.2) is 0 Å². The Bertz CT molecular complexity index is 518. The number of benzene rings is 1. The molecule has 3 rings (SSSR count). The summed E-state index contributed by atoms with van der Waals surface area (Å²) in [5.74, 6) is 3.42. The van der Waals surface area contributed by atoms with Crippen LogP contribution in [0.5, 0.6) is 11.5 Å². The average molecular weight is 417 g/mol. The monoisotopic (exact) mass is 417 g/mol. The van der Waals surface area contributed by atoms with Crippen LogP contribution in [0.1, 0.15) is 25.3 Å². The molecule has 1 fully saturated rings. The first-order valence-electron chi connectivity index (χ1n) is 7.76. The Hall–Kier alpha value is -1.18. The van der Waals surface area contributed by atoms with E-state index in [-0.39, 0.29) is 24.0 Å². The first-order chi connectivity index (χ1) is 10.3. The minimum absolute atomic E-state index is 0. The summed E-state index contributed by atoms with van der Waals surface area (Å²) in [5.41, 5.74) is 1.24. The van der Waals surface area contributed by atoms with Gasteiger partial charge in [0, 0.05) is 19.6 Å². The second-order valence-corrected chi connectivity index (χ2v) is 5.53. The molecular formula is C16H24IN3O2. The maximum absolute atomic E-state index is 5.40. The van der Waals surface area contributed by atoms with Gasteiger partial charge >= 0.3 is 0 Å². The van der Waals surface area contributed by atoms with Gasteiger partial charge in [0.25, 0.3) is 0 Å². The van der Waals surface area contributed by atoms with Gasteiger partial charge in [0.2, 0.25) is 6.79 Å². The van der Waals surface area contributed by atoms with E-state index in [1.807, 2.05) is 6.07 Å². The van der Waals surface area contributed by atoms with Crippen molar-refractivity contribution in [1.82, 2.24) is 10.6 Å². The highest BCUT2D eigenvalue weighted by Gasteiger charge is 2.20. The van der Waals surface area contributed by atoms with E-state index in [0.29, 0.717) is 6.79 Å². The molecule has 0 aromatic heterocycles. The van der Waals surface area contributed by atoms with E-state index in [0.717, 1.165) is 49.4 Å². The van der Waals surface area contributed by atoms with E-state index in [4.69, 9.17) is 9.47 Å². The van der Waals surface area contributed by atoms with Crippen molar-refractivity contribution >= 4 is 29.9 Å². The van der Waals surface area contributed by atoms with Crippen LogP contribution in [0, 0.1) is 5.92 Å². The quantitative estimate of drug-likeness (QED) is 0.425. The van der Waals surface area contributed by atoms with E-state index in [1.165, 1.54) is 18.4 Å². The van der Waals surface area contributed by atoms with E-state index in [9.17, 15) is 0 Å². The summed E-state index contributed by atoms with van der Waals surface area (Å²) in [5, 5.41) is 6.67. The molecule has 5 nitrogen and oxygen atoms in total. The molecule has 0 bridgehead atoms. The average Bonchev–Trinajstić information content (AvgIpc) is 3.20. The maximum Gasteiger partial charge on any atom is 0.231 e. The summed E-state index contributed by atoms with van der Waals surface area (Å²) < 4.78 is 10.7. The molecule has 1 aliphatic carbocycles. The lowest BCUT2D eigenvalue weighted by atomic mass is 10.1. The van der Waals surface area contributed by atoms with Crippen LogP contribution in [-0.2, 0) is 6.42 Å². The van der Waals surface area contributed by atoms with Crippen LogP contribution in [0.25, 0.3) is 0 Å². The largest absolute Gasteiger partial charge is 0.454 e. The molecule has 0 amide bonds. The number of hydrogen-bond donors (Lipinski definition) is 2. The molecule has 0 atom stereocenters. The Morgan fingerprint density at radius 1 is 1.23 bits per heavy atom. The third kappa shape index (κ3) is 4.93. The highest BCUT2D eigenvalue weighted by molar-refractivity contribution is 14.0. The SMILES string of the molecule is CCNC(=NCC1CC1)NCCc1ccc2c(c1)OCO2.I. The number of nitrogens with one attached hydrogen (secondary N) is 2. The van der Waals surface area contributed by atoms with Crippen molar-refractivity contribution in [1.29, 1.82) is 0 Å². The minimum Gasteiger partial charge on any atom is -0.454 e. The molecule has 2 N–H and O–H groups in total. The molecule has 122 valence electrons. The van der Waals surface area contributed by atoms with Crippen molar-refractivity contribution in [3.8, 4) is 11.5 Å². The van der Waals surface area contributed by atoms with Gasteiger partial charge in [-0.15, -0.1) is 24.0 Å². The van der Waals surface area contributed by atoms with E-state index >= 15 is 0 Å². The Balaban J connectivity index is 0.00000176. The fraction of sp³-hybridized carbons (Fsp3) is 0.562. The van der Waals surface area contributed by atoms with Crippen LogP contribution in [-0.4, -0.2) is 32.4 Å². The van der Waals surface area contributed by atoms with E-state index < -0.39 is 0 Å². The first-order valence-corrected chi connectivity index (χ1v) is 7.76. The van der Waals surface area contributed by atoms with Crippen molar-refractivity contribution in [3.63, 3.8) is 0 Å². The summed E-state index contributed by atoms with van der Waals surface area (Å²) in [6, 6.07) is 6.12. The molecule has 2 aliphatic rings. The third-order valence-corrected chi connectivity index (χ3v) is 3.69. The Morgan fingerprint density at radius 2 is 2.05 bits per heavy atom. The molecule has 1 aromatic rings. The van der Waals surface area contributed by atoms with Crippen molar-refractivity contribution in [2.24, 2.45) is 10.9 Å². The highest BCUT2D eigenvalue weighted by atomic mass is 127. The number of ether oxygens (including phenoxy) is 2. The molecule has 6 heteroatoms. The van der Waals surface area contributed by atoms with Crippen molar-refractivity contribution < 1.29 is 9.47 Å².